The van der Waals surface area contributed by atoms with Crippen molar-refractivity contribution in [1.29, 1.82) is 0 Å². The van der Waals surface area contributed by atoms with Crippen LogP contribution in [0.4, 0.5) is 11.4 Å². The van der Waals surface area contributed by atoms with Gasteiger partial charge in [-0.2, -0.15) is 0 Å². The Labute approximate surface area is 173 Å². The molecule has 4 aromatic rings. The maximum Gasteiger partial charge on any atom is 0.153 e. The normalized spacial score (nSPS) is 23.3. The highest BCUT2D eigenvalue weighted by Gasteiger charge is 2.48. The molecule has 0 saturated heterocycles. The molecule has 144 valence electrons. The Bertz CT molecular complexity index is 1250. The minimum Gasteiger partial charge on any atom is -0.255 e. The zero-order valence-electron chi connectivity index (χ0n) is 17.4. The van der Waals surface area contributed by atoms with E-state index in [1.165, 1.54) is 59.3 Å². The molecule has 2 unspecified atom stereocenters. The van der Waals surface area contributed by atoms with Crippen molar-refractivity contribution in [3.05, 3.63) is 83.4 Å². The van der Waals surface area contributed by atoms with Gasteiger partial charge in [0.1, 0.15) is 5.69 Å². The van der Waals surface area contributed by atoms with Gasteiger partial charge in [-0.15, -0.1) is 0 Å². The maximum absolute atomic E-state index is 2.49. The Morgan fingerprint density at radius 2 is 1.55 bits per heavy atom. The third kappa shape index (κ3) is 2.31. The van der Waals surface area contributed by atoms with Gasteiger partial charge in [-0.05, 0) is 55.7 Å². The molecule has 2 heterocycles. The van der Waals surface area contributed by atoms with Crippen molar-refractivity contribution in [2.75, 3.05) is 6.54 Å². The van der Waals surface area contributed by atoms with Crippen LogP contribution in [0.1, 0.15) is 36.5 Å². The van der Waals surface area contributed by atoms with E-state index in [1.807, 2.05) is 0 Å². The number of hydrogen-bond donors (Lipinski definition) is 0. The van der Waals surface area contributed by atoms with E-state index in [4.69, 9.17) is 0 Å². The molecule has 2 aliphatic rings. The predicted molar refractivity (Wildman–Crippen MR) is 125 cm³/mol. The lowest BCUT2D eigenvalue weighted by atomic mass is 9.83. The second-order valence-electron chi connectivity index (χ2n) is 9.18. The van der Waals surface area contributed by atoms with Crippen LogP contribution in [-0.2, 0) is 12.8 Å². The standard InChI is InChI=1S/C28H28N/c1-19-12-15-26-24(17-19)18-23-7-3-4-11-25(23)28(26)29-16-6-10-21-8-5-9-22(27(21)29)14-13-20(29)2/h3-5,7-9,11-12,15,17-18,20H,6,10,13-14,16H2,1-2H3/q+1. The molecule has 0 fully saturated rings. The lowest BCUT2D eigenvalue weighted by Crippen LogP contribution is -2.56. The van der Waals surface area contributed by atoms with Gasteiger partial charge < -0.3 is 0 Å². The number of aryl methyl sites for hydroxylation is 3. The molecule has 29 heavy (non-hydrogen) atoms. The molecule has 0 saturated carbocycles. The average molecular weight is 379 g/mol. The molecule has 2 aliphatic heterocycles. The van der Waals surface area contributed by atoms with Crippen LogP contribution in [0.15, 0.2) is 66.7 Å². The van der Waals surface area contributed by atoms with E-state index in [-0.39, 0.29) is 0 Å². The fourth-order valence-corrected chi connectivity index (χ4v) is 6.26. The summed E-state index contributed by atoms with van der Waals surface area (Å²) < 4.78 is 1.03. The Hall–Kier alpha value is -2.64. The molecule has 0 N–H and O–H groups in total. The predicted octanol–water partition coefficient (Wildman–Crippen LogP) is 7.22. The van der Waals surface area contributed by atoms with Crippen LogP contribution >= 0.6 is 0 Å². The molecule has 1 heteroatoms. The summed E-state index contributed by atoms with van der Waals surface area (Å²) in [7, 11) is 0. The summed E-state index contributed by atoms with van der Waals surface area (Å²) in [4.78, 5) is 0. The number of para-hydroxylation sites is 1. The maximum atomic E-state index is 2.49. The summed E-state index contributed by atoms with van der Waals surface area (Å²) in [5, 5.41) is 5.62. The monoisotopic (exact) mass is 378 g/mol. The van der Waals surface area contributed by atoms with Crippen molar-refractivity contribution in [3.63, 3.8) is 0 Å². The fraction of sp³-hybridized carbons (Fsp3) is 0.286. The molecular weight excluding hydrogens is 350 g/mol. The van der Waals surface area contributed by atoms with Crippen LogP contribution in [0.2, 0.25) is 0 Å². The van der Waals surface area contributed by atoms with E-state index >= 15 is 0 Å². The number of hydrogen-bond acceptors (Lipinski definition) is 0. The summed E-state index contributed by atoms with van der Waals surface area (Å²) in [5.74, 6) is 0. The minimum absolute atomic E-state index is 0.597. The first-order chi connectivity index (χ1) is 14.2. The Morgan fingerprint density at radius 3 is 2.45 bits per heavy atom. The third-order valence-electron chi connectivity index (χ3n) is 7.53. The number of fused-ring (bicyclic) bond motifs is 2. The molecule has 6 rings (SSSR count). The van der Waals surface area contributed by atoms with Crippen molar-refractivity contribution in [2.45, 2.75) is 45.6 Å². The Kier molecular flexibility index (Phi) is 3.67. The average Bonchev–Trinajstić information content (AvgIpc) is 2.74. The van der Waals surface area contributed by atoms with E-state index in [0.29, 0.717) is 6.04 Å². The Morgan fingerprint density at radius 1 is 0.759 bits per heavy atom. The second-order valence-corrected chi connectivity index (χ2v) is 9.18. The highest BCUT2D eigenvalue weighted by molar-refractivity contribution is 6.12. The first-order valence-electron chi connectivity index (χ1n) is 11.1. The van der Waals surface area contributed by atoms with Crippen molar-refractivity contribution in [1.82, 2.24) is 4.48 Å². The first kappa shape index (κ1) is 17.2. The van der Waals surface area contributed by atoms with Crippen molar-refractivity contribution in [3.8, 4) is 0 Å². The molecule has 1 nitrogen and oxygen atoms in total. The molecule has 0 spiro atoms. The molecule has 4 aromatic carbocycles. The molecule has 0 radical (unpaired) electrons. The van der Waals surface area contributed by atoms with Crippen molar-refractivity contribution in [2.24, 2.45) is 0 Å². The van der Waals surface area contributed by atoms with Gasteiger partial charge in [0.2, 0.25) is 0 Å². The van der Waals surface area contributed by atoms with Crippen LogP contribution in [-0.4, -0.2) is 12.6 Å². The van der Waals surface area contributed by atoms with Gasteiger partial charge in [0.15, 0.2) is 5.69 Å². The molecule has 0 aliphatic carbocycles. The van der Waals surface area contributed by atoms with Gasteiger partial charge in [-0.25, -0.2) is 0 Å². The van der Waals surface area contributed by atoms with E-state index in [2.05, 4.69) is 80.6 Å². The van der Waals surface area contributed by atoms with Gasteiger partial charge in [0, 0.05) is 34.7 Å². The zero-order valence-corrected chi connectivity index (χ0v) is 17.4. The number of rotatable bonds is 1. The SMILES string of the molecule is Cc1ccc2c([N+]34CCCc5cccc(c53)CCC4C)c3ccccc3cc2c1. The van der Waals surface area contributed by atoms with E-state index in [1.54, 1.807) is 22.5 Å². The van der Waals surface area contributed by atoms with E-state index in [0.717, 1.165) is 4.48 Å². The highest BCUT2D eigenvalue weighted by atomic mass is 15.4. The first-order valence-corrected chi connectivity index (χ1v) is 11.1. The molecule has 2 atom stereocenters. The van der Waals surface area contributed by atoms with E-state index < -0.39 is 0 Å². The summed E-state index contributed by atoms with van der Waals surface area (Å²) in [6.45, 7) is 5.91. The number of nitrogens with zero attached hydrogens (tertiary/aromatic N) is 1. The molecule has 0 amide bonds. The molecular formula is C28H28N+. The second kappa shape index (κ2) is 6.18. The highest BCUT2D eigenvalue weighted by Crippen LogP contribution is 2.53. The lowest BCUT2D eigenvalue weighted by Gasteiger charge is -2.50. The van der Waals surface area contributed by atoms with Crippen LogP contribution in [0, 0.1) is 6.92 Å². The quantitative estimate of drug-likeness (QED) is 0.242. The van der Waals surface area contributed by atoms with Crippen LogP contribution in [0.5, 0.6) is 0 Å². The van der Waals surface area contributed by atoms with Gasteiger partial charge in [0.05, 0.1) is 12.6 Å². The van der Waals surface area contributed by atoms with Gasteiger partial charge in [-0.3, -0.25) is 4.48 Å². The van der Waals surface area contributed by atoms with Crippen LogP contribution in [0.25, 0.3) is 21.5 Å². The van der Waals surface area contributed by atoms with Crippen LogP contribution < -0.4 is 4.48 Å². The van der Waals surface area contributed by atoms with Gasteiger partial charge >= 0.3 is 0 Å². The summed E-state index contributed by atoms with van der Waals surface area (Å²) >= 11 is 0. The van der Waals surface area contributed by atoms with E-state index in [9.17, 15) is 0 Å². The molecule has 0 aromatic heterocycles. The van der Waals surface area contributed by atoms with Gasteiger partial charge in [0.25, 0.3) is 0 Å². The van der Waals surface area contributed by atoms with Crippen LogP contribution in [0.3, 0.4) is 0 Å². The third-order valence-corrected chi connectivity index (χ3v) is 7.53. The minimum atomic E-state index is 0.597. The topological polar surface area (TPSA) is 0 Å². The smallest absolute Gasteiger partial charge is 0.153 e. The van der Waals surface area contributed by atoms with Crippen molar-refractivity contribution < 1.29 is 0 Å². The summed E-state index contributed by atoms with van der Waals surface area (Å²) in [5.41, 5.74) is 7.65. The number of quaternary nitrogens is 1. The molecule has 0 bridgehead atoms. The van der Waals surface area contributed by atoms with Crippen molar-refractivity contribution >= 4 is 32.9 Å². The summed E-state index contributed by atoms with van der Waals surface area (Å²) in [6, 6.07) is 26.2. The lowest BCUT2D eigenvalue weighted by molar-refractivity contribution is 0.259. The van der Waals surface area contributed by atoms with Gasteiger partial charge in [-0.1, -0.05) is 54.1 Å². The zero-order chi connectivity index (χ0) is 19.6. The fourth-order valence-electron chi connectivity index (χ4n) is 6.26. The largest absolute Gasteiger partial charge is 0.255 e. The number of benzene rings is 4. The summed E-state index contributed by atoms with van der Waals surface area (Å²) in [6.07, 6.45) is 4.95. The Balaban J connectivity index is 1.83.